The molecule has 2 rings (SSSR count). The van der Waals surface area contributed by atoms with E-state index in [0.29, 0.717) is 5.56 Å². The van der Waals surface area contributed by atoms with E-state index in [4.69, 9.17) is 5.11 Å². The van der Waals surface area contributed by atoms with Gasteiger partial charge < -0.3 is 10.0 Å². The quantitative estimate of drug-likeness (QED) is 0.828. The van der Waals surface area contributed by atoms with Crippen molar-refractivity contribution in [2.75, 3.05) is 18.0 Å². The minimum atomic E-state index is -0.879. The van der Waals surface area contributed by atoms with Gasteiger partial charge in [0.25, 0.3) is 0 Å². The van der Waals surface area contributed by atoms with E-state index in [0.717, 1.165) is 37.5 Å². The van der Waals surface area contributed by atoms with E-state index >= 15 is 0 Å². The Balaban J connectivity index is 2.23. The molecular formula is C12H16N2O2. The van der Waals surface area contributed by atoms with Gasteiger partial charge in [0.15, 0.2) is 0 Å². The number of hydrogen-bond donors (Lipinski definition) is 1. The van der Waals surface area contributed by atoms with Crippen molar-refractivity contribution in [1.29, 1.82) is 0 Å². The van der Waals surface area contributed by atoms with Crippen LogP contribution in [0.4, 0.5) is 5.69 Å². The van der Waals surface area contributed by atoms with Gasteiger partial charge in [-0.3, -0.25) is 4.98 Å². The molecular weight excluding hydrogens is 204 g/mol. The summed E-state index contributed by atoms with van der Waals surface area (Å²) in [5.74, 6) is -0.141. The van der Waals surface area contributed by atoms with E-state index < -0.39 is 5.97 Å². The molecule has 0 unspecified atom stereocenters. The van der Waals surface area contributed by atoms with Gasteiger partial charge in [0.05, 0.1) is 17.4 Å². The van der Waals surface area contributed by atoms with Crippen LogP contribution in [0.2, 0.25) is 0 Å². The van der Waals surface area contributed by atoms with E-state index in [2.05, 4.69) is 16.8 Å². The number of pyridine rings is 1. The van der Waals surface area contributed by atoms with Gasteiger partial charge in [-0.25, -0.2) is 4.79 Å². The highest BCUT2D eigenvalue weighted by molar-refractivity contribution is 5.94. The van der Waals surface area contributed by atoms with Crippen molar-refractivity contribution in [3.05, 3.63) is 24.0 Å². The van der Waals surface area contributed by atoms with Crippen LogP contribution in [0.25, 0.3) is 0 Å². The smallest absolute Gasteiger partial charge is 0.337 e. The lowest BCUT2D eigenvalue weighted by molar-refractivity contribution is 0.0697. The van der Waals surface area contributed by atoms with E-state index in [1.807, 2.05) is 0 Å². The van der Waals surface area contributed by atoms with Gasteiger partial charge in [0.2, 0.25) is 0 Å². The Kier molecular flexibility index (Phi) is 3.08. The van der Waals surface area contributed by atoms with Gasteiger partial charge in [0, 0.05) is 19.3 Å². The number of carboxylic acid groups (broad SMARTS) is 1. The Morgan fingerprint density at radius 2 is 2.19 bits per heavy atom. The zero-order chi connectivity index (χ0) is 11.5. The van der Waals surface area contributed by atoms with Crippen molar-refractivity contribution in [3.8, 4) is 0 Å². The minimum Gasteiger partial charge on any atom is -0.478 e. The van der Waals surface area contributed by atoms with Gasteiger partial charge in [-0.1, -0.05) is 6.92 Å². The van der Waals surface area contributed by atoms with Crippen LogP contribution in [-0.4, -0.2) is 29.1 Å². The number of carboxylic acids is 1. The first-order valence-corrected chi connectivity index (χ1v) is 5.60. The maximum atomic E-state index is 11.1. The first kappa shape index (κ1) is 10.9. The van der Waals surface area contributed by atoms with Gasteiger partial charge >= 0.3 is 5.97 Å². The number of aromatic nitrogens is 1. The molecule has 0 amide bonds. The van der Waals surface area contributed by atoms with Crippen LogP contribution in [0.3, 0.4) is 0 Å². The van der Waals surface area contributed by atoms with Crippen molar-refractivity contribution in [1.82, 2.24) is 4.98 Å². The molecule has 0 aromatic carbocycles. The summed E-state index contributed by atoms with van der Waals surface area (Å²) in [6, 6.07) is 1.57. The fourth-order valence-electron chi connectivity index (χ4n) is 2.07. The monoisotopic (exact) mass is 220 g/mol. The van der Waals surface area contributed by atoms with Crippen LogP contribution in [0, 0.1) is 5.92 Å². The molecule has 16 heavy (non-hydrogen) atoms. The van der Waals surface area contributed by atoms with Crippen LogP contribution in [0.5, 0.6) is 0 Å². The fourth-order valence-corrected chi connectivity index (χ4v) is 2.07. The summed E-state index contributed by atoms with van der Waals surface area (Å²) in [7, 11) is 0. The van der Waals surface area contributed by atoms with Gasteiger partial charge in [-0.05, 0) is 24.8 Å². The maximum Gasteiger partial charge on any atom is 0.337 e. The third kappa shape index (κ3) is 2.15. The van der Waals surface area contributed by atoms with Crippen molar-refractivity contribution >= 4 is 11.7 Å². The molecule has 1 fully saturated rings. The summed E-state index contributed by atoms with van der Waals surface area (Å²) >= 11 is 0. The number of aromatic carboxylic acids is 1. The molecule has 0 aliphatic carbocycles. The molecule has 1 aliphatic heterocycles. The molecule has 0 saturated carbocycles. The molecule has 1 aromatic heterocycles. The highest BCUT2D eigenvalue weighted by atomic mass is 16.4. The second-order valence-electron chi connectivity index (χ2n) is 4.37. The molecule has 4 heteroatoms. The lowest BCUT2D eigenvalue weighted by atomic mass is 9.98. The minimum absolute atomic E-state index is 0.351. The summed E-state index contributed by atoms with van der Waals surface area (Å²) in [6.07, 6.45) is 5.42. The summed E-state index contributed by atoms with van der Waals surface area (Å²) < 4.78 is 0. The first-order chi connectivity index (χ1) is 7.68. The Labute approximate surface area is 94.9 Å². The van der Waals surface area contributed by atoms with Crippen molar-refractivity contribution in [2.24, 2.45) is 5.92 Å². The molecule has 0 spiro atoms. The molecule has 4 nitrogen and oxygen atoms in total. The molecule has 86 valence electrons. The van der Waals surface area contributed by atoms with E-state index in [9.17, 15) is 4.79 Å². The van der Waals surface area contributed by atoms with Gasteiger partial charge in [-0.2, -0.15) is 0 Å². The topological polar surface area (TPSA) is 53.4 Å². The Morgan fingerprint density at radius 1 is 1.50 bits per heavy atom. The number of piperidine rings is 1. The molecule has 2 heterocycles. The zero-order valence-electron chi connectivity index (χ0n) is 9.39. The second kappa shape index (κ2) is 4.51. The highest BCUT2D eigenvalue weighted by Gasteiger charge is 2.20. The van der Waals surface area contributed by atoms with Crippen molar-refractivity contribution in [3.63, 3.8) is 0 Å². The maximum absolute atomic E-state index is 11.1. The lowest BCUT2D eigenvalue weighted by Crippen LogP contribution is -2.33. The summed E-state index contributed by atoms with van der Waals surface area (Å²) in [6.45, 7) is 4.08. The molecule has 0 bridgehead atoms. The van der Waals surface area contributed by atoms with E-state index in [1.165, 1.54) is 6.20 Å². The van der Waals surface area contributed by atoms with Crippen molar-refractivity contribution < 1.29 is 9.90 Å². The summed E-state index contributed by atoms with van der Waals surface area (Å²) in [5.41, 5.74) is 1.10. The molecule has 1 N–H and O–H groups in total. The highest BCUT2D eigenvalue weighted by Crippen LogP contribution is 2.25. The number of nitrogens with zero attached hydrogens (tertiary/aromatic N) is 2. The number of hydrogen-bond acceptors (Lipinski definition) is 3. The summed E-state index contributed by atoms with van der Waals surface area (Å²) in [5, 5.41) is 9.09. The molecule has 0 radical (unpaired) electrons. The van der Waals surface area contributed by atoms with Crippen LogP contribution in [0.1, 0.15) is 30.1 Å². The molecule has 1 saturated heterocycles. The molecule has 0 atom stereocenters. The third-order valence-corrected chi connectivity index (χ3v) is 3.15. The summed E-state index contributed by atoms with van der Waals surface area (Å²) in [4.78, 5) is 17.2. The number of carbonyl (C=O) groups is 1. The third-order valence-electron chi connectivity index (χ3n) is 3.15. The Hall–Kier alpha value is -1.58. The zero-order valence-corrected chi connectivity index (χ0v) is 9.39. The predicted molar refractivity (Wildman–Crippen MR) is 61.8 cm³/mol. The van der Waals surface area contributed by atoms with Crippen molar-refractivity contribution in [2.45, 2.75) is 19.8 Å². The largest absolute Gasteiger partial charge is 0.478 e. The average Bonchev–Trinajstić information content (AvgIpc) is 2.30. The Morgan fingerprint density at radius 3 is 2.81 bits per heavy atom. The SMILES string of the molecule is CC1CCN(c2cnccc2C(=O)O)CC1. The Bertz CT molecular complexity index is 384. The second-order valence-corrected chi connectivity index (χ2v) is 4.37. The van der Waals surface area contributed by atoms with Gasteiger partial charge in [-0.15, -0.1) is 0 Å². The lowest BCUT2D eigenvalue weighted by Gasteiger charge is -2.32. The predicted octanol–water partition coefficient (Wildman–Crippen LogP) is 2.02. The molecule has 1 aliphatic rings. The number of rotatable bonds is 2. The van der Waals surface area contributed by atoms with Crippen LogP contribution in [-0.2, 0) is 0 Å². The normalized spacial score (nSPS) is 17.4. The standard InChI is InChI=1S/C12H16N2O2/c1-9-3-6-14(7-4-9)11-8-13-5-2-10(11)12(15)16/h2,5,8-9H,3-4,6-7H2,1H3,(H,15,16). The van der Waals surface area contributed by atoms with E-state index in [1.54, 1.807) is 12.3 Å². The number of anilines is 1. The van der Waals surface area contributed by atoms with Crippen LogP contribution in [0.15, 0.2) is 18.5 Å². The van der Waals surface area contributed by atoms with Crippen LogP contribution < -0.4 is 4.90 Å². The fraction of sp³-hybridized carbons (Fsp3) is 0.500. The van der Waals surface area contributed by atoms with E-state index in [-0.39, 0.29) is 0 Å². The average molecular weight is 220 g/mol. The first-order valence-electron chi connectivity index (χ1n) is 5.60. The van der Waals surface area contributed by atoms with Crippen LogP contribution >= 0.6 is 0 Å². The molecule has 1 aromatic rings. The van der Waals surface area contributed by atoms with Gasteiger partial charge in [0.1, 0.15) is 0 Å².